The molecule has 140 valence electrons. The van der Waals surface area contributed by atoms with Crippen LogP contribution in [-0.2, 0) is 19.6 Å². The van der Waals surface area contributed by atoms with Crippen LogP contribution in [0.3, 0.4) is 0 Å². The number of halogens is 3. The molecule has 2 heterocycles. The highest BCUT2D eigenvalue weighted by molar-refractivity contribution is 5.93. The van der Waals surface area contributed by atoms with E-state index in [-0.39, 0.29) is 11.8 Å². The van der Waals surface area contributed by atoms with E-state index < -0.39 is 11.7 Å². The van der Waals surface area contributed by atoms with Crippen LogP contribution < -0.4 is 0 Å². The maximum atomic E-state index is 13.1. The molecule has 1 saturated heterocycles. The Bertz CT molecular complexity index is 769. The highest BCUT2D eigenvalue weighted by Crippen LogP contribution is 2.33. The molecule has 26 heavy (non-hydrogen) atoms. The van der Waals surface area contributed by atoms with Gasteiger partial charge in [0, 0.05) is 26.3 Å². The lowest BCUT2D eigenvalue weighted by molar-refractivity contribution is -0.138. The normalized spacial score (nSPS) is 18.2. The standard InChI is InChI=1S/C19H22F3N3O/c1-24-13-16(11-23-24)18(26)25-10-4-5-14(12-25)8-9-15-6-2-3-7-17(15)19(20,21)22/h2-3,6-7,11,13-14H,4-5,8-10,12H2,1H3/t14-/m0/s1. The number of carbonyl (C=O) groups excluding carboxylic acids is 1. The van der Waals surface area contributed by atoms with Crippen molar-refractivity contribution in [2.24, 2.45) is 13.0 Å². The Morgan fingerprint density at radius 3 is 2.77 bits per heavy atom. The van der Waals surface area contributed by atoms with Crippen LogP contribution in [0, 0.1) is 5.92 Å². The predicted octanol–water partition coefficient (Wildman–Crippen LogP) is 3.92. The summed E-state index contributed by atoms with van der Waals surface area (Å²) in [5.74, 6) is 0.157. The summed E-state index contributed by atoms with van der Waals surface area (Å²) in [5.41, 5.74) is 0.324. The summed E-state index contributed by atoms with van der Waals surface area (Å²) < 4.78 is 40.9. The van der Waals surface area contributed by atoms with Crippen LogP contribution in [0.2, 0.25) is 0 Å². The first-order chi connectivity index (χ1) is 12.3. The van der Waals surface area contributed by atoms with Gasteiger partial charge in [0.1, 0.15) is 0 Å². The second-order valence-corrected chi connectivity index (χ2v) is 6.86. The molecule has 0 spiro atoms. The highest BCUT2D eigenvalue weighted by atomic mass is 19.4. The molecule has 0 aliphatic carbocycles. The molecule has 0 bridgehead atoms. The van der Waals surface area contributed by atoms with Gasteiger partial charge >= 0.3 is 6.18 Å². The molecule has 7 heteroatoms. The number of aromatic nitrogens is 2. The molecule has 1 amide bonds. The van der Waals surface area contributed by atoms with Gasteiger partial charge in [0.05, 0.1) is 17.3 Å². The van der Waals surface area contributed by atoms with Crippen molar-refractivity contribution >= 4 is 5.91 Å². The van der Waals surface area contributed by atoms with Crippen LogP contribution in [-0.4, -0.2) is 33.7 Å². The fraction of sp³-hybridized carbons (Fsp3) is 0.474. The molecule has 0 radical (unpaired) electrons. The molecule has 3 rings (SSSR count). The Balaban J connectivity index is 1.62. The van der Waals surface area contributed by atoms with Crippen molar-refractivity contribution in [1.82, 2.24) is 14.7 Å². The van der Waals surface area contributed by atoms with Gasteiger partial charge in [-0.1, -0.05) is 18.2 Å². The summed E-state index contributed by atoms with van der Waals surface area (Å²) in [4.78, 5) is 14.3. The number of hydrogen-bond donors (Lipinski definition) is 0. The van der Waals surface area contributed by atoms with Gasteiger partial charge < -0.3 is 4.90 Å². The summed E-state index contributed by atoms with van der Waals surface area (Å²) in [6.07, 6.45) is 1.73. The fourth-order valence-corrected chi connectivity index (χ4v) is 3.57. The number of amides is 1. The topological polar surface area (TPSA) is 38.1 Å². The Hall–Kier alpha value is -2.31. The molecule has 1 atom stereocenters. The first-order valence-corrected chi connectivity index (χ1v) is 8.77. The van der Waals surface area contributed by atoms with E-state index in [4.69, 9.17) is 0 Å². The quantitative estimate of drug-likeness (QED) is 0.824. The SMILES string of the molecule is Cn1cc(C(=O)N2CCC[C@@H](CCc3ccccc3C(F)(F)F)C2)cn1. The van der Waals surface area contributed by atoms with Crippen LogP contribution >= 0.6 is 0 Å². The smallest absolute Gasteiger partial charge is 0.338 e. The summed E-state index contributed by atoms with van der Waals surface area (Å²) in [5, 5.41) is 4.02. The van der Waals surface area contributed by atoms with Crippen LogP contribution in [0.1, 0.15) is 40.7 Å². The molecule has 1 aromatic heterocycles. The Morgan fingerprint density at radius 1 is 1.31 bits per heavy atom. The van der Waals surface area contributed by atoms with Crippen LogP contribution in [0.4, 0.5) is 13.2 Å². The first-order valence-electron chi connectivity index (χ1n) is 8.77. The minimum absolute atomic E-state index is 0.0570. The van der Waals surface area contributed by atoms with Crippen LogP contribution in [0.15, 0.2) is 36.7 Å². The number of carbonyl (C=O) groups is 1. The van der Waals surface area contributed by atoms with E-state index in [9.17, 15) is 18.0 Å². The molecule has 0 N–H and O–H groups in total. The molecule has 0 saturated carbocycles. The molecular weight excluding hydrogens is 343 g/mol. The van der Waals surface area contributed by atoms with Crippen molar-refractivity contribution in [2.75, 3.05) is 13.1 Å². The van der Waals surface area contributed by atoms with Crippen molar-refractivity contribution in [2.45, 2.75) is 31.9 Å². The summed E-state index contributed by atoms with van der Waals surface area (Å²) >= 11 is 0. The van der Waals surface area contributed by atoms with Gasteiger partial charge in [-0.25, -0.2) is 0 Å². The van der Waals surface area contributed by atoms with Gasteiger partial charge in [0.15, 0.2) is 0 Å². The maximum Gasteiger partial charge on any atom is 0.416 e. The molecular formula is C19H22F3N3O. The van der Waals surface area contributed by atoms with Gasteiger partial charge in [-0.05, 0) is 43.2 Å². The maximum absolute atomic E-state index is 13.1. The van der Waals surface area contributed by atoms with E-state index in [2.05, 4.69) is 5.10 Å². The van der Waals surface area contributed by atoms with Crippen molar-refractivity contribution in [3.8, 4) is 0 Å². The minimum atomic E-state index is -4.33. The predicted molar refractivity (Wildman–Crippen MR) is 91.6 cm³/mol. The lowest BCUT2D eigenvalue weighted by Gasteiger charge is -2.32. The minimum Gasteiger partial charge on any atom is -0.338 e. The number of aryl methyl sites for hydroxylation is 2. The van der Waals surface area contributed by atoms with Gasteiger partial charge in [0.2, 0.25) is 0 Å². The van der Waals surface area contributed by atoms with E-state index in [0.29, 0.717) is 37.1 Å². The molecule has 1 aliphatic heterocycles. The second kappa shape index (κ2) is 7.51. The monoisotopic (exact) mass is 365 g/mol. The Morgan fingerprint density at radius 2 is 2.08 bits per heavy atom. The van der Waals surface area contributed by atoms with Crippen molar-refractivity contribution in [3.63, 3.8) is 0 Å². The summed E-state index contributed by atoms with van der Waals surface area (Å²) in [7, 11) is 1.76. The average Bonchev–Trinajstić information content (AvgIpc) is 3.05. The van der Waals surface area contributed by atoms with Gasteiger partial charge in [-0.2, -0.15) is 18.3 Å². The summed E-state index contributed by atoms with van der Waals surface area (Å²) in [6, 6.07) is 5.74. The third-order valence-electron chi connectivity index (χ3n) is 4.90. The number of piperidine rings is 1. The molecule has 2 aromatic rings. The molecule has 1 fully saturated rings. The number of rotatable bonds is 4. The second-order valence-electron chi connectivity index (χ2n) is 6.86. The lowest BCUT2D eigenvalue weighted by atomic mass is 9.90. The number of alkyl halides is 3. The van der Waals surface area contributed by atoms with Crippen molar-refractivity contribution in [1.29, 1.82) is 0 Å². The van der Waals surface area contributed by atoms with Crippen molar-refractivity contribution < 1.29 is 18.0 Å². The Kier molecular flexibility index (Phi) is 5.34. The first kappa shape index (κ1) is 18.5. The number of benzene rings is 1. The van der Waals surface area contributed by atoms with Crippen molar-refractivity contribution in [3.05, 3.63) is 53.3 Å². The third kappa shape index (κ3) is 4.26. The van der Waals surface area contributed by atoms with Gasteiger partial charge in [-0.15, -0.1) is 0 Å². The van der Waals surface area contributed by atoms with Crippen LogP contribution in [0.25, 0.3) is 0 Å². The Labute approximate surface area is 150 Å². The number of nitrogens with zero attached hydrogens (tertiary/aromatic N) is 3. The van der Waals surface area contributed by atoms with Crippen LogP contribution in [0.5, 0.6) is 0 Å². The zero-order chi connectivity index (χ0) is 18.7. The van der Waals surface area contributed by atoms with Gasteiger partial charge in [-0.3, -0.25) is 9.48 Å². The highest BCUT2D eigenvalue weighted by Gasteiger charge is 2.33. The number of likely N-dealkylation sites (tertiary alicyclic amines) is 1. The molecule has 4 nitrogen and oxygen atoms in total. The average molecular weight is 365 g/mol. The zero-order valence-electron chi connectivity index (χ0n) is 14.7. The summed E-state index contributed by atoms with van der Waals surface area (Å²) in [6.45, 7) is 1.27. The molecule has 1 aromatic carbocycles. The largest absolute Gasteiger partial charge is 0.416 e. The molecule has 1 aliphatic rings. The fourth-order valence-electron chi connectivity index (χ4n) is 3.57. The third-order valence-corrected chi connectivity index (χ3v) is 4.90. The number of hydrogen-bond acceptors (Lipinski definition) is 2. The zero-order valence-corrected chi connectivity index (χ0v) is 14.7. The van der Waals surface area contributed by atoms with E-state index >= 15 is 0 Å². The van der Waals surface area contributed by atoms with E-state index in [1.807, 2.05) is 0 Å². The van der Waals surface area contributed by atoms with E-state index in [1.165, 1.54) is 6.07 Å². The lowest BCUT2D eigenvalue weighted by Crippen LogP contribution is -2.40. The van der Waals surface area contributed by atoms with E-state index in [0.717, 1.165) is 18.9 Å². The molecule has 0 unspecified atom stereocenters. The van der Waals surface area contributed by atoms with Gasteiger partial charge in [0.25, 0.3) is 5.91 Å². The van der Waals surface area contributed by atoms with E-state index in [1.54, 1.807) is 41.2 Å².